The van der Waals surface area contributed by atoms with Crippen LogP contribution in [0.2, 0.25) is 0 Å². The van der Waals surface area contributed by atoms with E-state index in [0.717, 1.165) is 0 Å². The Morgan fingerprint density at radius 2 is 1.05 bits per heavy atom. The summed E-state index contributed by atoms with van der Waals surface area (Å²) in [6, 6.07) is 18.1. The zero-order valence-corrected chi connectivity index (χ0v) is 19.8. The van der Waals surface area contributed by atoms with Gasteiger partial charge in [-0.3, -0.25) is 29.8 Å². The van der Waals surface area contributed by atoms with Gasteiger partial charge in [0, 0.05) is 35.4 Å². The Balaban J connectivity index is 1.22. The van der Waals surface area contributed by atoms with E-state index in [1.165, 1.54) is 36.7 Å². The van der Waals surface area contributed by atoms with Crippen molar-refractivity contribution in [3.8, 4) is 22.6 Å². The lowest BCUT2D eigenvalue weighted by atomic mass is 10.1. The average Bonchev–Trinajstić information content (AvgIpc) is 3.59. The molecule has 0 bridgehead atoms. The summed E-state index contributed by atoms with van der Waals surface area (Å²) < 4.78 is 11.1. The number of hydrazone groups is 2. The van der Waals surface area contributed by atoms with Crippen molar-refractivity contribution in [1.29, 1.82) is 0 Å². The number of nitrogens with zero attached hydrogens (tertiary/aromatic N) is 4. The van der Waals surface area contributed by atoms with Crippen molar-refractivity contribution in [2.75, 3.05) is 0 Å². The van der Waals surface area contributed by atoms with Crippen LogP contribution in [0, 0.1) is 20.2 Å². The Morgan fingerprint density at radius 3 is 1.41 bits per heavy atom. The summed E-state index contributed by atoms with van der Waals surface area (Å²) in [5.41, 5.74) is 5.55. The fraction of sp³-hybridized carbons (Fsp3) is 0.0400. The summed E-state index contributed by atoms with van der Waals surface area (Å²) in [6.07, 6.45) is 1.93. The van der Waals surface area contributed by atoms with Gasteiger partial charge in [-0.2, -0.15) is 10.2 Å². The molecular formula is C25H18N6O8. The largest absolute Gasteiger partial charge is 0.455 e. The first-order valence-electron chi connectivity index (χ1n) is 11.1. The van der Waals surface area contributed by atoms with Gasteiger partial charge in [0.1, 0.15) is 29.5 Å². The van der Waals surface area contributed by atoms with E-state index < -0.39 is 28.1 Å². The van der Waals surface area contributed by atoms with E-state index in [0.29, 0.717) is 34.2 Å². The molecule has 2 aromatic carbocycles. The lowest BCUT2D eigenvalue weighted by molar-refractivity contribution is -0.385. The monoisotopic (exact) mass is 530 g/mol. The van der Waals surface area contributed by atoms with Crippen molar-refractivity contribution in [3.05, 3.63) is 105 Å². The van der Waals surface area contributed by atoms with Crippen molar-refractivity contribution in [3.63, 3.8) is 0 Å². The van der Waals surface area contributed by atoms with E-state index in [1.807, 2.05) is 0 Å². The van der Waals surface area contributed by atoms with Gasteiger partial charge in [0.25, 0.3) is 11.4 Å². The molecular weight excluding hydrogens is 512 g/mol. The predicted octanol–water partition coefficient (Wildman–Crippen LogP) is 4.01. The molecule has 0 fully saturated rings. The summed E-state index contributed by atoms with van der Waals surface area (Å²) >= 11 is 0. The molecule has 4 rings (SSSR count). The summed E-state index contributed by atoms with van der Waals surface area (Å²) in [6.45, 7) is 0. The van der Waals surface area contributed by atoms with Gasteiger partial charge in [0.05, 0.1) is 22.3 Å². The van der Waals surface area contributed by atoms with Gasteiger partial charge in [-0.25, -0.2) is 10.9 Å². The van der Waals surface area contributed by atoms with Gasteiger partial charge >= 0.3 is 0 Å². The first-order chi connectivity index (χ1) is 18.8. The average molecular weight is 530 g/mol. The topological polar surface area (TPSA) is 195 Å². The van der Waals surface area contributed by atoms with Crippen LogP contribution >= 0.6 is 0 Å². The number of furan rings is 2. The zero-order chi connectivity index (χ0) is 27.8. The van der Waals surface area contributed by atoms with Gasteiger partial charge in [-0.05, 0) is 48.5 Å². The first kappa shape index (κ1) is 26.2. The molecule has 0 radical (unpaired) electrons. The number of nitro groups is 2. The van der Waals surface area contributed by atoms with Gasteiger partial charge in [0.2, 0.25) is 11.8 Å². The van der Waals surface area contributed by atoms with E-state index in [-0.39, 0.29) is 11.4 Å². The molecule has 2 N–H and O–H groups in total. The predicted molar refractivity (Wildman–Crippen MR) is 138 cm³/mol. The fourth-order valence-electron chi connectivity index (χ4n) is 3.21. The maximum atomic E-state index is 11.9. The minimum Gasteiger partial charge on any atom is -0.455 e. The van der Waals surface area contributed by atoms with Gasteiger partial charge in [-0.15, -0.1) is 0 Å². The highest BCUT2D eigenvalue weighted by molar-refractivity contribution is 5.97. The molecule has 0 saturated carbocycles. The Labute approximate surface area is 218 Å². The van der Waals surface area contributed by atoms with Crippen LogP contribution in [0.25, 0.3) is 22.6 Å². The number of amides is 2. The third-order valence-corrected chi connectivity index (χ3v) is 5.06. The van der Waals surface area contributed by atoms with E-state index in [4.69, 9.17) is 8.83 Å². The maximum absolute atomic E-state index is 11.9. The number of rotatable bonds is 10. The van der Waals surface area contributed by atoms with Gasteiger partial charge in [0.15, 0.2) is 0 Å². The third-order valence-electron chi connectivity index (χ3n) is 5.06. The highest BCUT2D eigenvalue weighted by Gasteiger charge is 2.11. The molecule has 0 saturated heterocycles. The van der Waals surface area contributed by atoms with Crippen LogP contribution in [0.15, 0.2) is 91.8 Å². The normalized spacial score (nSPS) is 11.1. The molecule has 14 nitrogen and oxygen atoms in total. The molecule has 0 aliphatic carbocycles. The van der Waals surface area contributed by atoms with Crippen molar-refractivity contribution in [2.24, 2.45) is 10.2 Å². The lowest BCUT2D eigenvalue weighted by Crippen LogP contribution is -2.27. The molecule has 4 aromatic rings. The Kier molecular flexibility index (Phi) is 7.96. The number of carbonyl (C=O) groups excluding carboxylic acids is 2. The number of hydrogen-bond acceptors (Lipinski definition) is 10. The standard InChI is InChI=1S/C25H18N6O8/c32-24(28-26-14-20-9-11-22(38-20)16-1-5-18(6-2-16)30(34)35)13-25(33)29-27-15-21-10-12-23(39-21)17-3-7-19(8-4-17)31(36)37/h1-12,14-15H,13H2,(H,28,32)(H,29,33)/b26-14+,27-15+. The number of benzene rings is 2. The second-order valence-corrected chi connectivity index (χ2v) is 7.78. The summed E-state index contributed by atoms with van der Waals surface area (Å²) in [5.74, 6) is 0.130. The minimum absolute atomic E-state index is 0.0423. The zero-order valence-electron chi connectivity index (χ0n) is 19.8. The van der Waals surface area contributed by atoms with Crippen molar-refractivity contribution in [2.45, 2.75) is 6.42 Å². The SMILES string of the molecule is O=C(CC(=O)N/N=C/c1ccc(-c2ccc([N+](=O)[O-])cc2)o1)N/N=C/c1ccc(-c2ccc([N+](=O)[O-])cc2)o1. The van der Waals surface area contributed by atoms with Crippen LogP contribution in [0.5, 0.6) is 0 Å². The molecule has 0 unspecified atom stereocenters. The molecule has 39 heavy (non-hydrogen) atoms. The van der Waals surface area contributed by atoms with Crippen molar-refractivity contribution in [1.82, 2.24) is 10.9 Å². The van der Waals surface area contributed by atoms with E-state index >= 15 is 0 Å². The molecule has 2 heterocycles. The molecule has 0 spiro atoms. The number of nitro benzene ring substituents is 2. The molecule has 0 aliphatic heterocycles. The highest BCUT2D eigenvalue weighted by atomic mass is 16.6. The Bertz CT molecular complexity index is 1450. The smallest absolute Gasteiger partial charge is 0.269 e. The molecule has 0 atom stereocenters. The highest BCUT2D eigenvalue weighted by Crippen LogP contribution is 2.25. The van der Waals surface area contributed by atoms with Crippen LogP contribution < -0.4 is 10.9 Å². The van der Waals surface area contributed by atoms with Crippen LogP contribution in [0.3, 0.4) is 0 Å². The summed E-state index contributed by atoms with van der Waals surface area (Å²) in [4.78, 5) is 44.4. The van der Waals surface area contributed by atoms with E-state index in [2.05, 4.69) is 21.1 Å². The second-order valence-electron chi connectivity index (χ2n) is 7.78. The minimum atomic E-state index is -0.695. The number of hydrogen-bond donors (Lipinski definition) is 2. The Morgan fingerprint density at radius 1 is 0.667 bits per heavy atom. The van der Waals surface area contributed by atoms with Crippen molar-refractivity contribution >= 4 is 35.6 Å². The number of non-ortho nitro benzene ring substituents is 2. The lowest BCUT2D eigenvalue weighted by Gasteiger charge is -1.99. The second kappa shape index (κ2) is 11.9. The van der Waals surface area contributed by atoms with Crippen LogP contribution in [-0.2, 0) is 9.59 Å². The number of carbonyl (C=O) groups is 2. The van der Waals surface area contributed by atoms with Gasteiger partial charge in [-0.1, -0.05) is 0 Å². The number of nitrogens with one attached hydrogen (secondary N) is 2. The molecule has 14 heteroatoms. The molecule has 2 amide bonds. The van der Waals surface area contributed by atoms with Crippen LogP contribution in [0.1, 0.15) is 17.9 Å². The summed E-state index contributed by atoms with van der Waals surface area (Å²) in [5, 5.41) is 29.0. The van der Waals surface area contributed by atoms with Crippen molar-refractivity contribution < 1.29 is 28.3 Å². The molecule has 196 valence electrons. The van der Waals surface area contributed by atoms with E-state index in [9.17, 15) is 29.8 Å². The van der Waals surface area contributed by atoms with Gasteiger partial charge < -0.3 is 8.83 Å². The third kappa shape index (κ3) is 7.07. The Hall–Kier alpha value is -5.92. The van der Waals surface area contributed by atoms with Crippen LogP contribution in [0.4, 0.5) is 11.4 Å². The molecule has 2 aromatic heterocycles. The van der Waals surface area contributed by atoms with Crippen LogP contribution in [-0.4, -0.2) is 34.1 Å². The molecule has 0 aliphatic rings. The maximum Gasteiger partial charge on any atom is 0.269 e. The quantitative estimate of drug-likeness (QED) is 0.133. The van der Waals surface area contributed by atoms with E-state index in [1.54, 1.807) is 48.5 Å². The fourth-order valence-corrected chi connectivity index (χ4v) is 3.21. The summed E-state index contributed by atoms with van der Waals surface area (Å²) in [7, 11) is 0. The first-order valence-corrected chi connectivity index (χ1v) is 11.1.